The van der Waals surface area contributed by atoms with Crippen molar-refractivity contribution in [3.05, 3.63) is 0 Å². The molecular formula is C13H24N2O6S. The second kappa shape index (κ2) is 7.22. The van der Waals surface area contributed by atoms with Gasteiger partial charge in [-0.1, -0.05) is 0 Å². The molecule has 0 saturated carbocycles. The van der Waals surface area contributed by atoms with Gasteiger partial charge in [-0.05, 0) is 19.3 Å². The van der Waals surface area contributed by atoms with Crippen molar-refractivity contribution in [3.8, 4) is 0 Å². The van der Waals surface area contributed by atoms with E-state index in [9.17, 15) is 18.3 Å². The van der Waals surface area contributed by atoms with Crippen molar-refractivity contribution < 1.29 is 27.8 Å². The Morgan fingerprint density at radius 2 is 1.95 bits per heavy atom. The van der Waals surface area contributed by atoms with Crippen molar-refractivity contribution in [2.24, 2.45) is 5.41 Å². The molecule has 1 atom stereocenters. The zero-order valence-corrected chi connectivity index (χ0v) is 13.7. The monoisotopic (exact) mass is 336 g/mol. The average molecular weight is 336 g/mol. The van der Waals surface area contributed by atoms with Crippen LogP contribution in [0.15, 0.2) is 0 Å². The van der Waals surface area contributed by atoms with Crippen LogP contribution in [0.5, 0.6) is 0 Å². The average Bonchev–Trinajstić information content (AvgIpc) is 2.54. The quantitative estimate of drug-likeness (QED) is 0.719. The van der Waals surface area contributed by atoms with E-state index < -0.39 is 21.6 Å². The number of morpholine rings is 1. The summed E-state index contributed by atoms with van der Waals surface area (Å²) in [5.41, 5.74) is -1.06. The Balaban J connectivity index is 2.15. The van der Waals surface area contributed by atoms with E-state index in [1.54, 1.807) is 0 Å². The third-order valence-corrected chi connectivity index (χ3v) is 6.38. The number of carboxylic acids is 1. The number of ether oxygens (including phenoxy) is 2. The van der Waals surface area contributed by atoms with Crippen LogP contribution in [0, 0.1) is 5.41 Å². The first-order valence-electron chi connectivity index (χ1n) is 7.48. The van der Waals surface area contributed by atoms with Crippen molar-refractivity contribution in [2.75, 3.05) is 53.1 Å². The number of methoxy groups -OCH3 is 1. The van der Waals surface area contributed by atoms with Crippen LogP contribution in [0.3, 0.4) is 0 Å². The predicted molar refractivity (Wildman–Crippen MR) is 78.7 cm³/mol. The summed E-state index contributed by atoms with van der Waals surface area (Å²) in [5, 5.41) is 9.60. The molecule has 0 aromatic carbocycles. The molecule has 0 aromatic heterocycles. The first-order chi connectivity index (χ1) is 10.4. The van der Waals surface area contributed by atoms with E-state index in [1.165, 1.54) is 15.7 Å². The maximum atomic E-state index is 12.7. The van der Waals surface area contributed by atoms with E-state index in [1.807, 2.05) is 0 Å². The molecule has 1 unspecified atom stereocenters. The molecule has 2 aliphatic rings. The Bertz CT molecular complexity index is 491. The second-order valence-electron chi connectivity index (χ2n) is 5.78. The smallest absolute Gasteiger partial charge is 0.311 e. The van der Waals surface area contributed by atoms with E-state index in [0.717, 1.165) is 0 Å². The van der Waals surface area contributed by atoms with E-state index in [0.29, 0.717) is 58.7 Å². The van der Waals surface area contributed by atoms with Gasteiger partial charge in [-0.2, -0.15) is 17.0 Å². The normalized spacial score (nSPS) is 28.6. The van der Waals surface area contributed by atoms with Crippen LogP contribution in [0.1, 0.15) is 19.3 Å². The van der Waals surface area contributed by atoms with Gasteiger partial charge >= 0.3 is 5.97 Å². The fraction of sp³-hybridized carbons (Fsp3) is 0.923. The Labute approximate surface area is 131 Å². The summed E-state index contributed by atoms with van der Waals surface area (Å²) >= 11 is 0. The lowest BCUT2D eigenvalue weighted by Crippen LogP contribution is -2.55. The maximum Gasteiger partial charge on any atom is 0.311 e. The van der Waals surface area contributed by atoms with Crippen molar-refractivity contribution in [1.29, 1.82) is 0 Å². The van der Waals surface area contributed by atoms with Crippen LogP contribution >= 0.6 is 0 Å². The van der Waals surface area contributed by atoms with Crippen LogP contribution in [0.25, 0.3) is 0 Å². The number of hydrogen-bond acceptors (Lipinski definition) is 5. The van der Waals surface area contributed by atoms with Crippen LogP contribution in [-0.2, 0) is 24.5 Å². The highest BCUT2D eigenvalue weighted by molar-refractivity contribution is 7.86. The Kier molecular flexibility index (Phi) is 5.78. The van der Waals surface area contributed by atoms with E-state index in [-0.39, 0.29) is 6.54 Å². The summed E-state index contributed by atoms with van der Waals surface area (Å²) in [4.78, 5) is 11.7. The summed E-state index contributed by atoms with van der Waals surface area (Å²) < 4.78 is 38.3. The molecule has 0 amide bonds. The minimum Gasteiger partial charge on any atom is -0.481 e. The summed E-state index contributed by atoms with van der Waals surface area (Å²) in [5.74, 6) is -0.952. The number of carboxylic acid groups (broad SMARTS) is 1. The largest absolute Gasteiger partial charge is 0.481 e. The van der Waals surface area contributed by atoms with Gasteiger partial charge in [0.25, 0.3) is 10.2 Å². The van der Waals surface area contributed by atoms with Gasteiger partial charge in [0.05, 0.1) is 18.6 Å². The third kappa shape index (κ3) is 3.60. The number of rotatable bonds is 6. The second-order valence-corrected chi connectivity index (χ2v) is 7.71. The van der Waals surface area contributed by atoms with Gasteiger partial charge in [-0.25, -0.2) is 0 Å². The molecule has 2 aliphatic heterocycles. The van der Waals surface area contributed by atoms with Crippen LogP contribution in [-0.4, -0.2) is 81.2 Å². The van der Waals surface area contributed by atoms with Gasteiger partial charge in [0.1, 0.15) is 0 Å². The molecule has 0 aliphatic carbocycles. The number of aliphatic carboxylic acids is 1. The lowest BCUT2D eigenvalue weighted by atomic mass is 9.78. The lowest BCUT2D eigenvalue weighted by Gasteiger charge is -2.41. The number of nitrogens with zero attached hydrogens (tertiary/aromatic N) is 2. The molecule has 22 heavy (non-hydrogen) atoms. The molecule has 0 bridgehead atoms. The van der Waals surface area contributed by atoms with Gasteiger partial charge in [0.15, 0.2) is 0 Å². The number of hydrogen-bond donors (Lipinski definition) is 1. The molecule has 128 valence electrons. The van der Waals surface area contributed by atoms with Crippen molar-refractivity contribution >= 4 is 16.2 Å². The molecule has 8 nitrogen and oxygen atoms in total. The van der Waals surface area contributed by atoms with Gasteiger partial charge < -0.3 is 14.6 Å². The first-order valence-corrected chi connectivity index (χ1v) is 8.87. The van der Waals surface area contributed by atoms with Gasteiger partial charge in [-0.15, -0.1) is 0 Å². The SMILES string of the molecule is COCCC1(C(=O)O)CCCN(S(=O)(=O)N2CCOCC2)C1. The number of piperidine rings is 1. The highest BCUT2D eigenvalue weighted by Crippen LogP contribution is 2.35. The molecule has 1 N–H and O–H groups in total. The van der Waals surface area contributed by atoms with Crippen molar-refractivity contribution in [1.82, 2.24) is 8.61 Å². The highest BCUT2D eigenvalue weighted by Gasteiger charge is 2.46. The summed E-state index contributed by atoms with van der Waals surface area (Å²) in [6.45, 7) is 2.06. The predicted octanol–water partition coefficient (Wildman–Crippen LogP) is -0.233. The molecule has 2 heterocycles. The standard InChI is InChI=1S/C13H24N2O6S/c1-20-8-4-13(12(16)17)3-2-5-15(11-13)22(18,19)14-6-9-21-10-7-14/h2-11H2,1H3,(H,16,17). The molecule has 9 heteroatoms. The van der Waals surface area contributed by atoms with E-state index in [2.05, 4.69) is 0 Å². The Hall–Kier alpha value is -0.740. The van der Waals surface area contributed by atoms with Crippen molar-refractivity contribution in [3.63, 3.8) is 0 Å². The summed E-state index contributed by atoms with van der Waals surface area (Å²) in [6.07, 6.45) is 1.33. The minimum atomic E-state index is -3.63. The molecule has 0 radical (unpaired) electrons. The number of carbonyl (C=O) groups is 1. The van der Waals surface area contributed by atoms with Gasteiger partial charge in [0.2, 0.25) is 0 Å². The lowest BCUT2D eigenvalue weighted by molar-refractivity contribution is -0.152. The molecule has 0 aromatic rings. The highest BCUT2D eigenvalue weighted by atomic mass is 32.2. The topological polar surface area (TPSA) is 96.4 Å². The van der Waals surface area contributed by atoms with Crippen LogP contribution < -0.4 is 0 Å². The molecule has 2 rings (SSSR count). The van der Waals surface area contributed by atoms with E-state index in [4.69, 9.17) is 9.47 Å². The zero-order valence-electron chi connectivity index (χ0n) is 12.9. The fourth-order valence-corrected chi connectivity index (χ4v) is 4.72. The summed E-state index contributed by atoms with van der Waals surface area (Å²) in [6, 6.07) is 0. The molecule has 2 fully saturated rings. The maximum absolute atomic E-state index is 12.7. The molecular weight excluding hydrogens is 312 g/mol. The Morgan fingerprint density at radius 1 is 1.27 bits per heavy atom. The molecule has 2 saturated heterocycles. The third-order valence-electron chi connectivity index (χ3n) is 4.40. The Morgan fingerprint density at radius 3 is 2.55 bits per heavy atom. The van der Waals surface area contributed by atoms with Crippen LogP contribution in [0.2, 0.25) is 0 Å². The minimum absolute atomic E-state index is 0.00534. The van der Waals surface area contributed by atoms with Crippen LogP contribution in [0.4, 0.5) is 0 Å². The van der Waals surface area contributed by atoms with Gasteiger partial charge in [0, 0.05) is 39.9 Å². The summed E-state index contributed by atoms with van der Waals surface area (Å²) in [7, 11) is -2.12. The zero-order chi connectivity index (χ0) is 16.2. The fourth-order valence-electron chi connectivity index (χ4n) is 3.01. The first kappa shape index (κ1) is 17.6. The van der Waals surface area contributed by atoms with Crippen molar-refractivity contribution in [2.45, 2.75) is 19.3 Å². The molecule has 0 spiro atoms. The van der Waals surface area contributed by atoms with E-state index >= 15 is 0 Å². The van der Waals surface area contributed by atoms with Gasteiger partial charge in [-0.3, -0.25) is 4.79 Å².